The molecule has 0 aliphatic rings. The van der Waals surface area contributed by atoms with Gasteiger partial charge in [0, 0.05) is 41.4 Å². The van der Waals surface area contributed by atoms with Gasteiger partial charge in [-0.25, -0.2) is 15.0 Å². The molecule has 10 aromatic rings. The Balaban J connectivity index is 0.000000208. The zero-order valence-electron chi connectivity index (χ0n) is 49.7. The maximum Gasteiger partial charge on any atom is 0.335 e. The number of para-hydroxylation sites is 2. The first kappa shape index (κ1) is 70.5. The van der Waals surface area contributed by atoms with Gasteiger partial charge in [-0.2, -0.15) is 26.8 Å². The fourth-order valence-electron chi connectivity index (χ4n) is 10.1. The van der Waals surface area contributed by atoms with Crippen LogP contribution in [-0.4, -0.2) is 74.3 Å². The number of thiazole rings is 2. The van der Waals surface area contributed by atoms with Crippen molar-refractivity contribution >= 4 is 151 Å². The van der Waals surface area contributed by atoms with E-state index in [-0.39, 0.29) is 35.1 Å². The zero-order chi connectivity index (χ0) is 63.9. The van der Waals surface area contributed by atoms with Gasteiger partial charge in [0.15, 0.2) is 0 Å². The molecule has 0 amide bonds. The van der Waals surface area contributed by atoms with E-state index < -0.39 is 41.5 Å². The number of fused-ring (bicyclic) bond motifs is 2. The van der Waals surface area contributed by atoms with E-state index in [2.05, 4.69) is 90.4 Å². The molecule has 0 fully saturated rings. The fourth-order valence-corrected chi connectivity index (χ4v) is 31.7. The van der Waals surface area contributed by atoms with Crippen LogP contribution in [0.5, 0.6) is 0 Å². The van der Waals surface area contributed by atoms with Gasteiger partial charge in [-0.15, -0.1) is 11.3 Å². The number of halogens is 3. The van der Waals surface area contributed by atoms with E-state index in [4.69, 9.17) is 51.5 Å². The second-order valence-electron chi connectivity index (χ2n) is 20.4. The molecule has 0 aliphatic heterocycles. The summed E-state index contributed by atoms with van der Waals surface area (Å²) in [6.45, 7) is 15.1. The summed E-state index contributed by atoms with van der Waals surface area (Å²) >= 11 is 16.2. The number of nitrogens with zero attached hydrogens (tertiary/aromatic N) is 8. The molecule has 88 heavy (non-hydrogen) atoms. The minimum Gasteiger partial charge on any atom is -0.368 e. The largest absolute Gasteiger partial charge is 0.368 e. The quantitative estimate of drug-likeness (QED) is 0.0548. The molecule has 6 N–H and O–H groups in total. The third-order valence-corrected chi connectivity index (χ3v) is 35.5. The van der Waals surface area contributed by atoms with Crippen LogP contribution in [0.2, 0.25) is 23.4 Å². The van der Waals surface area contributed by atoms with Crippen LogP contribution < -0.4 is 36.1 Å². The van der Waals surface area contributed by atoms with Crippen LogP contribution in [0.15, 0.2) is 148 Å². The standard InChI is InChI=1S/C25H21ClN6OS.C21H17BrClN5O.C4H4NS.3C4H9.2O2S.Sn/c1-14(30-23-18(12-29-25(27)31-23)21-13-28-15(2)34-21)20-11-16-7-6-10-19(26)22(16)24(33)32(20)17-8-4-3-5-9-17;1-12(26-19-15(22)11-25-21(24)27-19)17-10-13-6-5-9-16(23)18(13)20(29)28(17)14-7-3-2-4-8-14;1-4-5-2-3-6-4;3*1-3-4-2;2*1-3-2;/h3-14H,1-2H3,(H3,27,29,30,31);2-12H,1H3,(H3,24,25,26,27);2H,1H3;3*1,3-4H2,2H3;;;/t14-;12-;;;;;;;/m00......./s1. The number of unbranched alkanes of at least 4 members (excludes halogenated alkanes) is 3. The predicted octanol–water partition coefficient (Wildman–Crippen LogP) is 14.7. The van der Waals surface area contributed by atoms with Crippen molar-refractivity contribution in [2.45, 2.75) is 112 Å². The van der Waals surface area contributed by atoms with E-state index in [0.717, 1.165) is 49.0 Å². The molecule has 0 unspecified atom stereocenters. The molecule has 0 radical (unpaired) electrons. The van der Waals surface area contributed by atoms with Gasteiger partial charge < -0.3 is 22.1 Å². The fraction of sp³-hybridized carbons (Fsp3) is 0.290. The van der Waals surface area contributed by atoms with Crippen molar-refractivity contribution in [1.82, 2.24) is 39.0 Å². The molecule has 2 atom stereocenters. The Kier molecular flexibility index (Phi) is 28.0. The number of rotatable bonds is 19. The summed E-state index contributed by atoms with van der Waals surface area (Å²) in [5.74, 6) is 1.43. The van der Waals surface area contributed by atoms with Gasteiger partial charge in [-0.05, 0) is 96.0 Å². The maximum atomic E-state index is 13.7. The van der Waals surface area contributed by atoms with E-state index in [1.54, 1.807) is 67.4 Å². The number of nitrogens with two attached hydrogens (primary N) is 2. The van der Waals surface area contributed by atoms with Crippen molar-refractivity contribution in [3.63, 3.8) is 0 Å². The first-order chi connectivity index (χ1) is 42.4. The van der Waals surface area contributed by atoms with Crippen molar-refractivity contribution in [3.8, 4) is 21.8 Å². The monoisotopic (exact) mass is 1470 g/mol. The van der Waals surface area contributed by atoms with E-state index >= 15 is 0 Å². The van der Waals surface area contributed by atoms with Crippen LogP contribution in [0.1, 0.15) is 107 Å². The number of hydrogen-bond donors (Lipinski definition) is 4. The van der Waals surface area contributed by atoms with Crippen LogP contribution in [0.25, 0.3) is 43.4 Å². The van der Waals surface area contributed by atoms with E-state index in [1.165, 1.54) is 43.5 Å². The number of aryl methyl sites for hydroxylation is 2. The van der Waals surface area contributed by atoms with Crippen LogP contribution >= 0.6 is 61.8 Å². The molecule has 0 saturated heterocycles. The molecule has 18 nitrogen and oxygen atoms in total. The molecule has 462 valence electrons. The Hall–Kier alpha value is -6.58. The van der Waals surface area contributed by atoms with Crippen molar-refractivity contribution in [1.29, 1.82) is 0 Å². The SMILES string of the molecule is CCC[CH2][Sn]([CH2]CCC)([CH2]CCC)[c]1cnc(C)s1.C[C@H](Nc1nc(N)ncc1Br)c1cc2cccc(Cl)c2c(=O)n1-c1ccccc1.Cc1ncc(-c2cnc(N)nc2N[C@@H](C)c2cc3cccc(Cl)c3c(=O)n2-c2ccccc2)s1.O=S=O.O=S=O. The van der Waals surface area contributed by atoms with Crippen LogP contribution in [0, 0.1) is 13.8 Å². The number of hydrogen-bond acceptors (Lipinski definition) is 18. The molecule has 0 spiro atoms. The number of aromatic nitrogens is 8. The first-order valence-electron chi connectivity index (χ1n) is 28.3. The van der Waals surface area contributed by atoms with E-state index in [1.807, 2.05) is 129 Å². The average Bonchev–Trinajstić information content (AvgIpc) is 2.05. The summed E-state index contributed by atoms with van der Waals surface area (Å²) in [4.78, 5) is 53.8. The minimum atomic E-state index is -2.12. The minimum absolute atomic E-state index is 0.158. The molecular weight excluding hydrogens is 1410 g/mol. The van der Waals surface area contributed by atoms with Crippen LogP contribution in [0.4, 0.5) is 23.5 Å². The van der Waals surface area contributed by atoms with Crippen molar-refractivity contribution in [2.24, 2.45) is 0 Å². The smallest absolute Gasteiger partial charge is 0.335 e. The summed E-state index contributed by atoms with van der Waals surface area (Å²) in [5, 5.41) is 12.3. The first-order valence-corrected chi connectivity index (χ1v) is 40.3. The number of anilines is 4. The van der Waals surface area contributed by atoms with Gasteiger partial charge in [0.25, 0.3) is 11.1 Å². The van der Waals surface area contributed by atoms with Gasteiger partial charge in [0.05, 0.1) is 52.8 Å². The molecule has 0 bridgehead atoms. The molecule has 6 aromatic heterocycles. The molecule has 6 heterocycles. The second-order valence-corrected chi connectivity index (χ2v) is 38.9. The number of nitrogen functional groups attached to an aromatic ring is 2. The van der Waals surface area contributed by atoms with Gasteiger partial charge in [0.2, 0.25) is 11.9 Å². The Bertz CT molecular complexity index is 4100. The van der Waals surface area contributed by atoms with Crippen molar-refractivity contribution in [3.05, 3.63) is 191 Å². The van der Waals surface area contributed by atoms with Crippen molar-refractivity contribution in [2.75, 3.05) is 22.1 Å². The summed E-state index contributed by atoms with van der Waals surface area (Å²) < 4.78 is 43.7. The number of benzene rings is 4. The predicted molar refractivity (Wildman–Crippen MR) is 369 cm³/mol. The van der Waals surface area contributed by atoms with Gasteiger partial charge >= 0.3 is 151 Å². The topological polar surface area (TPSA) is 266 Å². The maximum absolute atomic E-state index is 13.7. The molecule has 0 saturated carbocycles. The molecule has 4 aromatic carbocycles. The van der Waals surface area contributed by atoms with Gasteiger partial charge in [-0.1, -0.05) is 83.9 Å². The Morgan fingerprint density at radius 3 is 1.42 bits per heavy atom. The Morgan fingerprint density at radius 2 is 1.00 bits per heavy atom. The third-order valence-electron chi connectivity index (χ3n) is 14.3. The zero-order valence-corrected chi connectivity index (χ0v) is 58.9. The van der Waals surface area contributed by atoms with Crippen LogP contribution in [-0.2, 0) is 23.1 Å². The Labute approximate surface area is 549 Å². The summed E-state index contributed by atoms with van der Waals surface area (Å²) in [5.41, 5.74) is 15.1. The van der Waals surface area contributed by atoms with E-state index in [0.29, 0.717) is 36.9 Å². The third kappa shape index (κ3) is 18.5. The van der Waals surface area contributed by atoms with Crippen molar-refractivity contribution < 1.29 is 16.8 Å². The Morgan fingerprint density at radius 1 is 0.580 bits per heavy atom. The van der Waals surface area contributed by atoms with E-state index in [9.17, 15) is 9.59 Å². The summed E-state index contributed by atoms with van der Waals surface area (Å²) in [6.07, 6.45) is 15.7. The molecule has 10 rings (SSSR count). The number of nitrogens with one attached hydrogen (secondary N) is 2. The summed E-state index contributed by atoms with van der Waals surface area (Å²) in [7, 11) is 0. The second kappa shape index (κ2) is 35.0. The van der Waals surface area contributed by atoms with Gasteiger partial charge in [0.1, 0.15) is 11.6 Å². The van der Waals surface area contributed by atoms with Crippen LogP contribution in [0.3, 0.4) is 0 Å². The normalized spacial score (nSPS) is 11.5. The molecule has 0 aliphatic carbocycles. The molecule has 26 heteroatoms. The van der Waals surface area contributed by atoms with Gasteiger partial charge in [-0.3, -0.25) is 18.7 Å². The summed E-state index contributed by atoms with van der Waals surface area (Å²) in [6, 6.07) is 33.2. The number of pyridine rings is 2. The molecular formula is C62H69BrCl2N12O6S4Sn. The average molecular weight is 1480 g/mol.